The fourth-order valence-corrected chi connectivity index (χ4v) is 2.00. The van der Waals surface area contributed by atoms with Crippen molar-refractivity contribution < 1.29 is 23.1 Å². The quantitative estimate of drug-likeness (QED) is 0.265. The molecule has 0 atom stereocenters. The molecule has 0 unspecified atom stereocenters. The van der Waals surface area contributed by atoms with Crippen LogP contribution >= 0.6 is 0 Å². The molecule has 0 radical (unpaired) electrons. The molecule has 0 saturated carbocycles. The molecule has 5 nitrogen and oxygen atoms in total. The molecule has 0 bridgehead atoms. The highest BCUT2D eigenvalue weighted by Gasteiger charge is 2.27. The fourth-order valence-electron chi connectivity index (χ4n) is 0.907. The Bertz CT molecular complexity index is 215. The third-order valence-electron chi connectivity index (χ3n) is 2.20. The van der Waals surface area contributed by atoms with Gasteiger partial charge in [-0.1, -0.05) is 6.58 Å². The number of hydrogen-bond donors (Lipinski definition) is 0. The molecule has 0 fully saturated rings. The van der Waals surface area contributed by atoms with Crippen LogP contribution < -0.4 is 0 Å². The average molecular weight is 248 g/mol. The first-order chi connectivity index (χ1) is 7.58. The summed E-state index contributed by atoms with van der Waals surface area (Å²) in [5.41, 5.74) is 0. The summed E-state index contributed by atoms with van der Waals surface area (Å²) in [7, 11) is 1.25. The molecule has 6 heteroatoms. The average Bonchev–Trinajstić information content (AvgIpc) is 2.32. The summed E-state index contributed by atoms with van der Waals surface area (Å²) in [5, 5.41) is 0. The van der Waals surface area contributed by atoms with Gasteiger partial charge in [0.05, 0.1) is 6.61 Å². The molecule has 0 spiro atoms. The minimum atomic E-state index is -2.04. The van der Waals surface area contributed by atoms with Crippen LogP contribution in [0.15, 0.2) is 12.7 Å². The van der Waals surface area contributed by atoms with Crippen molar-refractivity contribution in [2.75, 3.05) is 34.0 Å². The Morgan fingerprint density at radius 3 is 2.38 bits per heavy atom. The Labute approximate surface area is 97.6 Å². The molecule has 0 saturated heterocycles. The zero-order valence-electron chi connectivity index (χ0n) is 10.2. The van der Waals surface area contributed by atoms with Gasteiger partial charge < -0.3 is 18.3 Å². The van der Waals surface area contributed by atoms with E-state index in [2.05, 4.69) is 6.58 Å². The van der Waals surface area contributed by atoms with Gasteiger partial charge in [-0.15, -0.1) is 0 Å². The number of hydrogen-bond acceptors (Lipinski definition) is 5. The minimum absolute atomic E-state index is 0.239. The van der Waals surface area contributed by atoms with Gasteiger partial charge in [-0.05, 0) is 6.55 Å². The molecule has 0 heterocycles. The monoisotopic (exact) mass is 248 g/mol. The zero-order chi connectivity index (χ0) is 12.4. The van der Waals surface area contributed by atoms with Crippen molar-refractivity contribution in [2.24, 2.45) is 0 Å². The van der Waals surface area contributed by atoms with Crippen LogP contribution in [0.3, 0.4) is 0 Å². The van der Waals surface area contributed by atoms with E-state index >= 15 is 0 Å². The number of rotatable bonds is 9. The fraction of sp³-hybridized carbons (Fsp3) is 0.700. The summed E-state index contributed by atoms with van der Waals surface area (Å²) < 4.78 is 20.6. The van der Waals surface area contributed by atoms with Crippen molar-refractivity contribution in [3.63, 3.8) is 0 Å². The summed E-state index contributed by atoms with van der Waals surface area (Å²) in [6.07, 6.45) is 1.12. The van der Waals surface area contributed by atoms with Crippen molar-refractivity contribution in [3.8, 4) is 0 Å². The van der Waals surface area contributed by atoms with Crippen LogP contribution in [0.25, 0.3) is 0 Å². The van der Waals surface area contributed by atoms with Crippen LogP contribution in [0.2, 0.25) is 12.6 Å². The summed E-state index contributed by atoms with van der Waals surface area (Å²) in [5.74, 6) is -0.434. The van der Waals surface area contributed by atoms with E-state index in [1.165, 1.54) is 0 Å². The molecule has 16 heavy (non-hydrogen) atoms. The summed E-state index contributed by atoms with van der Waals surface area (Å²) in [6, 6.07) is 0.745. The van der Waals surface area contributed by atoms with Gasteiger partial charge in [0.25, 0.3) is 0 Å². The molecule has 0 rings (SSSR count). The van der Waals surface area contributed by atoms with Gasteiger partial charge >= 0.3 is 14.5 Å². The van der Waals surface area contributed by atoms with Gasteiger partial charge in [0.2, 0.25) is 0 Å². The van der Waals surface area contributed by atoms with Crippen LogP contribution in [0.4, 0.5) is 0 Å². The Morgan fingerprint density at radius 1 is 1.25 bits per heavy atom. The SMILES string of the molecule is C=CC(=O)OCCOCC[Si](C)(OC)OC. The molecule has 0 aliphatic heterocycles. The largest absolute Gasteiger partial charge is 0.460 e. The van der Waals surface area contributed by atoms with Crippen molar-refractivity contribution in [2.45, 2.75) is 12.6 Å². The van der Waals surface area contributed by atoms with E-state index in [1.807, 2.05) is 6.55 Å². The molecular weight excluding hydrogens is 228 g/mol. The lowest BCUT2D eigenvalue weighted by atomic mass is 10.6. The third-order valence-corrected chi connectivity index (χ3v) is 5.04. The second-order valence-corrected chi connectivity index (χ2v) is 6.86. The topological polar surface area (TPSA) is 54.0 Å². The predicted octanol–water partition coefficient (Wildman–Crippen LogP) is 1.10. The van der Waals surface area contributed by atoms with Crippen LogP contribution in [0, 0.1) is 0 Å². The smallest absolute Gasteiger partial charge is 0.336 e. The van der Waals surface area contributed by atoms with E-state index in [1.54, 1.807) is 14.2 Å². The number of carbonyl (C=O) groups is 1. The van der Waals surface area contributed by atoms with Gasteiger partial charge in [0.15, 0.2) is 0 Å². The molecule has 0 amide bonds. The Morgan fingerprint density at radius 2 is 1.88 bits per heavy atom. The highest BCUT2D eigenvalue weighted by molar-refractivity contribution is 6.65. The molecule has 94 valence electrons. The molecule has 0 aromatic rings. The van der Waals surface area contributed by atoms with Gasteiger partial charge in [-0.2, -0.15) is 0 Å². The maximum absolute atomic E-state index is 10.7. The second kappa shape index (κ2) is 8.46. The first-order valence-electron chi connectivity index (χ1n) is 5.05. The maximum atomic E-state index is 10.7. The third kappa shape index (κ3) is 6.73. The first-order valence-corrected chi connectivity index (χ1v) is 7.57. The van der Waals surface area contributed by atoms with Crippen LogP contribution in [0.1, 0.15) is 0 Å². The van der Waals surface area contributed by atoms with Gasteiger partial charge in [0.1, 0.15) is 6.61 Å². The lowest BCUT2D eigenvalue weighted by Crippen LogP contribution is -2.37. The lowest BCUT2D eigenvalue weighted by molar-refractivity contribution is -0.139. The predicted molar refractivity (Wildman–Crippen MR) is 62.4 cm³/mol. The highest BCUT2D eigenvalue weighted by Crippen LogP contribution is 2.10. The zero-order valence-corrected chi connectivity index (χ0v) is 11.2. The number of esters is 1. The Hall–Kier alpha value is -0.693. The summed E-state index contributed by atoms with van der Waals surface area (Å²) >= 11 is 0. The van der Waals surface area contributed by atoms with E-state index < -0.39 is 14.5 Å². The first kappa shape index (κ1) is 15.3. The normalized spacial score (nSPS) is 11.2. The Balaban J connectivity index is 3.46. The maximum Gasteiger partial charge on any atom is 0.336 e. The highest BCUT2D eigenvalue weighted by atomic mass is 28.4. The van der Waals surface area contributed by atoms with Crippen molar-refractivity contribution in [1.82, 2.24) is 0 Å². The number of ether oxygens (including phenoxy) is 2. The lowest BCUT2D eigenvalue weighted by Gasteiger charge is -2.22. The van der Waals surface area contributed by atoms with Crippen LogP contribution in [-0.4, -0.2) is 48.6 Å². The van der Waals surface area contributed by atoms with Gasteiger partial charge in [-0.25, -0.2) is 4.79 Å². The van der Waals surface area contributed by atoms with E-state index in [9.17, 15) is 4.79 Å². The van der Waals surface area contributed by atoms with Crippen LogP contribution in [-0.2, 0) is 23.1 Å². The molecule has 0 N–H and O–H groups in total. The van der Waals surface area contributed by atoms with Crippen molar-refractivity contribution in [3.05, 3.63) is 12.7 Å². The van der Waals surface area contributed by atoms with Gasteiger partial charge in [0, 0.05) is 32.9 Å². The number of carbonyl (C=O) groups excluding carboxylic acids is 1. The molecule has 0 aliphatic rings. The van der Waals surface area contributed by atoms with E-state index in [4.69, 9.17) is 18.3 Å². The van der Waals surface area contributed by atoms with Crippen LogP contribution in [0.5, 0.6) is 0 Å². The van der Waals surface area contributed by atoms with Crippen molar-refractivity contribution >= 4 is 14.5 Å². The van der Waals surface area contributed by atoms with E-state index in [-0.39, 0.29) is 6.61 Å². The standard InChI is InChI=1S/C10H20O5Si/c1-5-10(11)15-7-6-14-8-9-16(4,12-2)13-3/h5H,1,6-9H2,2-4H3. The van der Waals surface area contributed by atoms with Gasteiger partial charge in [-0.3, -0.25) is 0 Å². The van der Waals surface area contributed by atoms with E-state index in [0.29, 0.717) is 13.2 Å². The molecule has 0 aromatic heterocycles. The minimum Gasteiger partial charge on any atom is -0.460 e. The molecule has 0 aliphatic carbocycles. The summed E-state index contributed by atoms with van der Waals surface area (Å²) in [4.78, 5) is 10.7. The second-order valence-electron chi connectivity index (χ2n) is 3.28. The van der Waals surface area contributed by atoms with Crippen molar-refractivity contribution in [1.29, 1.82) is 0 Å². The van der Waals surface area contributed by atoms with E-state index in [0.717, 1.165) is 12.1 Å². The molecule has 0 aromatic carbocycles. The molecular formula is C10H20O5Si. The Kier molecular flexibility index (Phi) is 8.09. The summed E-state index contributed by atoms with van der Waals surface area (Å²) in [6.45, 7) is 6.40.